The zero-order valence-electron chi connectivity index (χ0n) is 11.7. The van der Waals surface area contributed by atoms with Crippen molar-refractivity contribution in [1.29, 1.82) is 0 Å². The molecule has 7 nitrogen and oxygen atoms in total. The molecule has 0 bridgehead atoms. The van der Waals surface area contributed by atoms with Gasteiger partial charge in [0.15, 0.2) is 6.29 Å². The molecule has 1 fully saturated rings. The number of hydrogen-bond donors (Lipinski definition) is 4. The van der Waals surface area contributed by atoms with E-state index >= 15 is 0 Å². The highest BCUT2D eigenvalue weighted by molar-refractivity contribution is 5.93. The Balaban J connectivity index is 2.93. The van der Waals surface area contributed by atoms with E-state index in [1.54, 1.807) is 20.8 Å². The van der Waals surface area contributed by atoms with E-state index in [4.69, 9.17) is 21.0 Å². The summed E-state index contributed by atoms with van der Waals surface area (Å²) in [7, 11) is 0. The lowest BCUT2D eigenvalue weighted by atomic mass is 9.96. The van der Waals surface area contributed by atoms with Gasteiger partial charge in [0.05, 0.1) is 12.2 Å². The van der Waals surface area contributed by atoms with Gasteiger partial charge in [0.25, 0.3) is 5.91 Å². The molecule has 7 heteroatoms. The van der Waals surface area contributed by atoms with E-state index in [0.29, 0.717) is 0 Å². The maximum atomic E-state index is 11.3. The number of aliphatic hydroxyl groups excluding tert-OH is 3. The van der Waals surface area contributed by atoms with E-state index in [1.165, 1.54) is 0 Å². The van der Waals surface area contributed by atoms with E-state index in [0.717, 1.165) is 0 Å². The second-order valence-electron chi connectivity index (χ2n) is 5.58. The number of nitrogens with one attached hydrogen (secondary N) is 1. The Morgan fingerprint density at radius 1 is 1.40 bits per heavy atom. The van der Waals surface area contributed by atoms with Crippen LogP contribution in [0.4, 0.5) is 0 Å². The molecule has 0 aromatic rings. The van der Waals surface area contributed by atoms with E-state index < -0.39 is 48.8 Å². The second kappa shape index (κ2) is 6.52. The summed E-state index contributed by atoms with van der Waals surface area (Å²) < 4.78 is 11.0. The zero-order valence-corrected chi connectivity index (χ0v) is 11.7. The molecular formula is C13H21NO6. The summed E-state index contributed by atoms with van der Waals surface area (Å²) >= 11 is 0. The highest BCUT2D eigenvalue weighted by atomic mass is 16.7. The van der Waals surface area contributed by atoms with Crippen molar-refractivity contribution >= 4 is 5.91 Å². The molecule has 0 aliphatic carbocycles. The Morgan fingerprint density at radius 2 is 2.00 bits per heavy atom. The topological polar surface area (TPSA) is 108 Å². The molecule has 5 atom stereocenters. The predicted molar refractivity (Wildman–Crippen MR) is 69.4 cm³/mol. The lowest BCUT2D eigenvalue weighted by Crippen LogP contribution is -2.65. The average Bonchev–Trinajstić information content (AvgIpc) is 2.36. The molecular weight excluding hydrogens is 266 g/mol. The molecule has 1 saturated heterocycles. The van der Waals surface area contributed by atoms with Crippen LogP contribution in [0.3, 0.4) is 0 Å². The van der Waals surface area contributed by atoms with E-state index in [1.807, 2.05) is 5.92 Å². The first-order chi connectivity index (χ1) is 9.19. The van der Waals surface area contributed by atoms with Gasteiger partial charge < -0.3 is 30.1 Å². The van der Waals surface area contributed by atoms with Gasteiger partial charge in [-0.2, -0.15) is 0 Å². The normalized spacial score (nSPS) is 34.4. The molecule has 0 saturated carbocycles. The summed E-state index contributed by atoms with van der Waals surface area (Å²) in [6.45, 7) is 4.81. The summed E-state index contributed by atoms with van der Waals surface area (Å²) in [4.78, 5) is 11.3. The van der Waals surface area contributed by atoms with Gasteiger partial charge in [0.1, 0.15) is 24.4 Å². The minimum Gasteiger partial charge on any atom is -0.394 e. The van der Waals surface area contributed by atoms with Gasteiger partial charge in [-0.1, -0.05) is 0 Å². The van der Waals surface area contributed by atoms with Crippen molar-refractivity contribution in [2.75, 3.05) is 6.61 Å². The Hall–Kier alpha value is -1.17. The quantitative estimate of drug-likeness (QED) is 0.464. The van der Waals surface area contributed by atoms with Crippen molar-refractivity contribution in [2.45, 2.75) is 57.0 Å². The van der Waals surface area contributed by atoms with Crippen molar-refractivity contribution in [3.05, 3.63) is 0 Å². The maximum absolute atomic E-state index is 11.3. The molecule has 114 valence electrons. The Kier molecular flexibility index (Phi) is 5.50. The number of carbonyl (C=O) groups excluding carboxylic acids is 1. The first kappa shape index (κ1) is 16.9. The lowest BCUT2D eigenvalue weighted by Gasteiger charge is -2.44. The van der Waals surface area contributed by atoms with Crippen molar-refractivity contribution in [2.24, 2.45) is 0 Å². The molecule has 20 heavy (non-hydrogen) atoms. The predicted octanol–water partition coefficient (Wildman–Crippen LogP) is -1.64. The third kappa shape index (κ3) is 4.16. The second-order valence-corrected chi connectivity index (χ2v) is 5.58. The first-order valence-electron chi connectivity index (χ1n) is 6.27. The number of carbonyl (C=O) groups is 1. The fourth-order valence-corrected chi connectivity index (χ4v) is 1.88. The third-order valence-electron chi connectivity index (χ3n) is 2.78. The van der Waals surface area contributed by atoms with Crippen molar-refractivity contribution in [3.8, 4) is 12.3 Å². The Morgan fingerprint density at radius 3 is 2.45 bits per heavy atom. The zero-order chi connectivity index (χ0) is 15.5. The van der Waals surface area contributed by atoms with Crippen LogP contribution in [0.15, 0.2) is 0 Å². The molecule has 0 spiro atoms. The maximum Gasteiger partial charge on any atom is 0.296 e. The SMILES string of the molecule is C#CC(=O)N[C@H]1C(O)[C@@H](O)C(CO)O[C@@H]1OC(C)(C)C. The van der Waals surface area contributed by atoms with E-state index in [9.17, 15) is 15.0 Å². The summed E-state index contributed by atoms with van der Waals surface area (Å²) in [5, 5.41) is 31.3. The summed E-state index contributed by atoms with van der Waals surface area (Å²) in [5.74, 6) is 1.10. The highest BCUT2D eigenvalue weighted by Crippen LogP contribution is 2.25. The molecule has 4 N–H and O–H groups in total. The van der Waals surface area contributed by atoms with Crippen LogP contribution in [-0.2, 0) is 14.3 Å². The number of hydrogen-bond acceptors (Lipinski definition) is 6. The lowest BCUT2D eigenvalue weighted by molar-refractivity contribution is -0.292. The van der Waals surface area contributed by atoms with Gasteiger partial charge in [-0.05, 0) is 26.7 Å². The first-order valence-corrected chi connectivity index (χ1v) is 6.27. The van der Waals surface area contributed by atoms with Crippen LogP contribution >= 0.6 is 0 Å². The van der Waals surface area contributed by atoms with Gasteiger partial charge in [-0.15, -0.1) is 6.42 Å². The smallest absolute Gasteiger partial charge is 0.296 e. The van der Waals surface area contributed by atoms with Crippen LogP contribution in [0.1, 0.15) is 20.8 Å². The summed E-state index contributed by atoms with van der Waals surface area (Å²) in [6.07, 6.45) is 0.197. The van der Waals surface area contributed by atoms with E-state index in [-0.39, 0.29) is 0 Å². The van der Waals surface area contributed by atoms with Gasteiger partial charge in [-0.3, -0.25) is 4.79 Å². The molecule has 0 aromatic carbocycles. The van der Waals surface area contributed by atoms with Gasteiger partial charge in [-0.25, -0.2) is 0 Å². The molecule has 1 amide bonds. The largest absolute Gasteiger partial charge is 0.394 e. The van der Waals surface area contributed by atoms with Crippen molar-refractivity contribution < 1.29 is 29.6 Å². The van der Waals surface area contributed by atoms with Crippen LogP contribution in [0.2, 0.25) is 0 Å². The summed E-state index contributed by atoms with van der Waals surface area (Å²) in [5.41, 5.74) is -0.619. The number of terminal acetylenes is 1. The highest BCUT2D eigenvalue weighted by Gasteiger charge is 2.46. The number of amides is 1. The third-order valence-corrected chi connectivity index (χ3v) is 2.78. The molecule has 1 aliphatic rings. The minimum atomic E-state index is -1.37. The fourth-order valence-electron chi connectivity index (χ4n) is 1.88. The van der Waals surface area contributed by atoms with Crippen LogP contribution in [0.25, 0.3) is 0 Å². The molecule has 1 rings (SSSR count). The Labute approximate surface area is 117 Å². The van der Waals surface area contributed by atoms with E-state index in [2.05, 4.69) is 5.32 Å². The number of rotatable bonds is 3. The monoisotopic (exact) mass is 287 g/mol. The van der Waals surface area contributed by atoms with Gasteiger partial charge >= 0.3 is 0 Å². The minimum absolute atomic E-state index is 0.488. The van der Waals surface area contributed by atoms with Crippen molar-refractivity contribution in [3.63, 3.8) is 0 Å². The van der Waals surface area contributed by atoms with Crippen LogP contribution < -0.4 is 5.32 Å². The van der Waals surface area contributed by atoms with Crippen molar-refractivity contribution in [1.82, 2.24) is 5.32 Å². The van der Waals surface area contributed by atoms with Crippen LogP contribution in [0, 0.1) is 12.3 Å². The average molecular weight is 287 g/mol. The standard InChI is InChI=1S/C13H21NO6/c1-5-8(16)14-9-11(18)10(17)7(6-15)19-12(9)20-13(2,3)4/h1,7,9-12,15,17-18H,6H2,2-4H3,(H,14,16)/t7?,9-,10-,11?,12+/m0/s1. The molecule has 2 unspecified atom stereocenters. The molecule has 1 aliphatic heterocycles. The molecule has 1 heterocycles. The molecule has 0 aromatic heterocycles. The van der Waals surface area contributed by atoms with Crippen LogP contribution in [0.5, 0.6) is 0 Å². The fraction of sp³-hybridized carbons (Fsp3) is 0.769. The number of aliphatic hydroxyl groups is 3. The number of ether oxygens (including phenoxy) is 2. The Bertz CT molecular complexity index is 385. The van der Waals surface area contributed by atoms with Gasteiger partial charge in [0, 0.05) is 0 Å². The molecule has 0 radical (unpaired) electrons. The van der Waals surface area contributed by atoms with Crippen LogP contribution in [-0.4, -0.2) is 64.1 Å². The summed E-state index contributed by atoms with van der Waals surface area (Å²) in [6, 6.07) is -1.03. The van der Waals surface area contributed by atoms with Gasteiger partial charge in [0.2, 0.25) is 0 Å².